The van der Waals surface area contributed by atoms with Gasteiger partial charge < -0.3 is 5.73 Å². The summed E-state index contributed by atoms with van der Waals surface area (Å²) >= 11 is 0. The van der Waals surface area contributed by atoms with E-state index >= 15 is 0 Å². The molecular formula is C9H14N2O. The summed E-state index contributed by atoms with van der Waals surface area (Å²) in [6, 6.07) is 1.84. The van der Waals surface area contributed by atoms with Crippen molar-refractivity contribution in [2.75, 3.05) is 0 Å². The lowest BCUT2D eigenvalue weighted by Gasteiger charge is -2.03. The van der Waals surface area contributed by atoms with Crippen LogP contribution in [0.2, 0.25) is 0 Å². The Kier molecular flexibility index (Phi) is 4.78. The van der Waals surface area contributed by atoms with Crippen molar-refractivity contribution in [1.29, 1.82) is 5.26 Å². The molecule has 0 aromatic rings. The average molecular weight is 166 g/mol. The number of nitrogens with two attached hydrogens (primary N) is 1. The SMILES string of the molecule is CCC/C(CC)=C(/C#N)C(N)=O. The highest BCUT2D eigenvalue weighted by Crippen LogP contribution is 2.14. The highest BCUT2D eigenvalue weighted by atomic mass is 16.1. The molecule has 0 aliphatic carbocycles. The monoisotopic (exact) mass is 166 g/mol. The molecule has 0 bridgehead atoms. The molecule has 0 atom stereocenters. The fraction of sp³-hybridized carbons (Fsp3) is 0.556. The van der Waals surface area contributed by atoms with Crippen molar-refractivity contribution < 1.29 is 4.79 Å². The van der Waals surface area contributed by atoms with Crippen molar-refractivity contribution >= 4 is 5.91 Å². The van der Waals surface area contributed by atoms with Crippen LogP contribution in [0.4, 0.5) is 0 Å². The van der Waals surface area contributed by atoms with Gasteiger partial charge in [0.2, 0.25) is 0 Å². The fourth-order valence-corrected chi connectivity index (χ4v) is 1.09. The first-order chi connectivity index (χ1) is 5.67. The van der Waals surface area contributed by atoms with E-state index in [1.807, 2.05) is 19.9 Å². The van der Waals surface area contributed by atoms with E-state index in [2.05, 4.69) is 0 Å². The van der Waals surface area contributed by atoms with E-state index in [0.717, 1.165) is 24.8 Å². The molecule has 12 heavy (non-hydrogen) atoms. The molecular weight excluding hydrogens is 152 g/mol. The van der Waals surface area contributed by atoms with Crippen LogP contribution in [0.1, 0.15) is 33.1 Å². The molecule has 0 aromatic carbocycles. The van der Waals surface area contributed by atoms with E-state index in [4.69, 9.17) is 11.0 Å². The fourth-order valence-electron chi connectivity index (χ4n) is 1.09. The summed E-state index contributed by atoms with van der Waals surface area (Å²) < 4.78 is 0. The highest BCUT2D eigenvalue weighted by molar-refractivity contribution is 5.96. The number of primary amides is 1. The number of carbonyl (C=O) groups is 1. The molecule has 0 saturated carbocycles. The number of hydrogen-bond donors (Lipinski definition) is 1. The summed E-state index contributed by atoms with van der Waals surface area (Å²) in [6.45, 7) is 3.93. The lowest BCUT2D eigenvalue weighted by Crippen LogP contribution is -2.14. The molecule has 0 fully saturated rings. The van der Waals surface area contributed by atoms with E-state index in [0.29, 0.717) is 0 Å². The van der Waals surface area contributed by atoms with Crippen LogP contribution in [0.3, 0.4) is 0 Å². The summed E-state index contributed by atoms with van der Waals surface area (Å²) in [5.74, 6) is -0.609. The minimum absolute atomic E-state index is 0.138. The van der Waals surface area contributed by atoms with Crippen molar-refractivity contribution in [3.63, 3.8) is 0 Å². The molecule has 0 saturated heterocycles. The minimum Gasteiger partial charge on any atom is -0.365 e. The van der Waals surface area contributed by atoms with Crippen LogP contribution in [0.25, 0.3) is 0 Å². The first-order valence-corrected chi connectivity index (χ1v) is 4.09. The molecule has 0 aliphatic heterocycles. The van der Waals surface area contributed by atoms with Gasteiger partial charge in [0, 0.05) is 0 Å². The second-order valence-corrected chi connectivity index (χ2v) is 2.56. The van der Waals surface area contributed by atoms with E-state index in [1.165, 1.54) is 0 Å². The van der Waals surface area contributed by atoms with E-state index in [1.54, 1.807) is 0 Å². The number of nitrogens with zero attached hydrogens (tertiary/aromatic N) is 1. The van der Waals surface area contributed by atoms with Gasteiger partial charge in [0.05, 0.1) is 0 Å². The molecule has 1 amide bonds. The Morgan fingerprint density at radius 3 is 2.33 bits per heavy atom. The Balaban J connectivity index is 4.77. The molecule has 0 rings (SSSR count). The van der Waals surface area contributed by atoms with Gasteiger partial charge in [-0.2, -0.15) is 5.26 Å². The van der Waals surface area contributed by atoms with Gasteiger partial charge in [-0.1, -0.05) is 20.3 Å². The number of hydrogen-bond acceptors (Lipinski definition) is 2. The quantitative estimate of drug-likeness (QED) is 0.508. The Hall–Kier alpha value is -1.30. The standard InChI is InChI=1S/C9H14N2O/c1-3-5-7(4-2)8(6-10)9(11)12/h3-5H2,1-2H3,(H2,11,12)/b8-7-. The second kappa shape index (κ2) is 5.36. The maximum Gasteiger partial charge on any atom is 0.259 e. The average Bonchev–Trinajstić information content (AvgIpc) is 2.03. The van der Waals surface area contributed by atoms with Gasteiger partial charge in [0.25, 0.3) is 5.91 Å². The summed E-state index contributed by atoms with van der Waals surface area (Å²) in [6.07, 6.45) is 2.43. The van der Waals surface area contributed by atoms with Gasteiger partial charge in [-0.05, 0) is 18.4 Å². The van der Waals surface area contributed by atoms with Crippen molar-refractivity contribution in [1.82, 2.24) is 0 Å². The smallest absolute Gasteiger partial charge is 0.259 e. The normalized spacial score (nSPS) is 11.8. The molecule has 66 valence electrons. The molecule has 3 nitrogen and oxygen atoms in total. The molecule has 0 spiro atoms. The zero-order valence-corrected chi connectivity index (χ0v) is 7.55. The Bertz CT molecular complexity index is 235. The lowest BCUT2D eigenvalue weighted by molar-refractivity contribution is -0.114. The van der Waals surface area contributed by atoms with E-state index < -0.39 is 5.91 Å². The van der Waals surface area contributed by atoms with Crippen LogP contribution >= 0.6 is 0 Å². The Morgan fingerprint density at radius 2 is 2.08 bits per heavy atom. The highest BCUT2D eigenvalue weighted by Gasteiger charge is 2.09. The second-order valence-electron chi connectivity index (χ2n) is 2.56. The van der Waals surface area contributed by atoms with Gasteiger partial charge in [-0.25, -0.2) is 0 Å². The first-order valence-electron chi connectivity index (χ1n) is 4.09. The van der Waals surface area contributed by atoms with E-state index in [9.17, 15) is 4.79 Å². The topological polar surface area (TPSA) is 66.9 Å². The Morgan fingerprint density at radius 1 is 1.50 bits per heavy atom. The summed E-state index contributed by atoms with van der Waals surface area (Å²) in [5.41, 5.74) is 6.04. The van der Waals surface area contributed by atoms with Gasteiger partial charge in [-0.3, -0.25) is 4.79 Å². The van der Waals surface area contributed by atoms with Crippen molar-refractivity contribution in [2.45, 2.75) is 33.1 Å². The number of rotatable bonds is 4. The van der Waals surface area contributed by atoms with E-state index in [-0.39, 0.29) is 5.57 Å². The van der Waals surface area contributed by atoms with Gasteiger partial charge in [-0.15, -0.1) is 0 Å². The maximum atomic E-state index is 10.7. The molecule has 0 aromatic heterocycles. The zero-order valence-electron chi connectivity index (χ0n) is 7.55. The van der Waals surface area contributed by atoms with Gasteiger partial charge in [0.1, 0.15) is 11.6 Å². The van der Waals surface area contributed by atoms with Crippen LogP contribution in [-0.2, 0) is 4.79 Å². The van der Waals surface area contributed by atoms with Crippen LogP contribution in [0, 0.1) is 11.3 Å². The van der Waals surface area contributed by atoms with Crippen LogP contribution in [-0.4, -0.2) is 5.91 Å². The maximum absolute atomic E-state index is 10.7. The van der Waals surface area contributed by atoms with Crippen LogP contribution in [0.15, 0.2) is 11.1 Å². The minimum atomic E-state index is -0.609. The van der Waals surface area contributed by atoms with Gasteiger partial charge >= 0.3 is 0 Å². The summed E-state index contributed by atoms with van der Waals surface area (Å²) in [5, 5.41) is 8.62. The number of amides is 1. The third-order valence-electron chi connectivity index (χ3n) is 1.69. The van der Waals surface area contributed by atoms with Gasteiger partial charge in [0.15, 0.2) is 0 Å². The molecule has 0 heterocycles. The predicted molar refractivity (Wildman–Crippen MR) is 47.0 cm³/mol. The molecule has 2 N–H and O–H groups in total. The third kappa shape index (κ3) is 2.75. The number of carbonyl (C=O) groups excluding carboxylic acids is 1. The number of nitriles is 1. The molecule has 0 aliphatic rings. The predicted octanol–water partition coefficient (Wildman–Crippen LogP) is 1.50. The molecule has 0 unspecified atom stereocenters. The van der Waals surface area contributed by atoms with Crippen molar-refractivity contribution in [3.05, 3.63) is 11.1 Å². The van der Waals surface area contributed by atoms with Crippen LogP contribution in [0.5, 0.6) is 0 Å². The first kappa shape index (κ1) is 10.7. The lowest BCUT2D eigenvalue weighted by atomic mass is 10.0. The van der Waals surface area contributed by atoms with Crippen molar-refractivity contribution in [2.24, 2.45) is 5.73 Å². The third-order valence-corrected chi connectivity index (χ3v) is 1.69. The number of allylic oxidation sites excluding steroid dienone is 1. The molecule has 3 heteroatoms. The van der Waals surface area contributed by atoms with Crippen LogP contribution < -0.4 is 5.73 Å². The Labute approximate surface area is 72.9 Å². The van der Waals surface area contributed by atoms with Crippen molar-refractivity contribution in [3.8, 4) is 6.07 Å². The summed E-state index contributed by atoms with van der Waals surface area (Å²) in [7, 11) is 0. The summed E-state index contributed by atoms with van der Waals surface area (Å²) in [4.78, 5) is 10.7. The largest absolute Gasteiger partial charge is 0.365 e. The molecule has 0 radical (unpaired) electrons. The zero-order chi connectivity index (χ0) is 9.56.